The summed E-state index contributed by atoms with van der Waals surface area (Å²) >= 11 is 0. The molecule has 1 aliphatic rings. The number of piperazine rings is 1. The second-order valence-electron chi connectivity index (χ2n) is 6.29. The largest absolute Gasteiger partial charge is 0.496 e. The number of ether oxygens (including phenoxy) is 1. The molecule has 112 valence electrons. The standard InChI is InChI=1S/C16H27N3O/c1-16(2)12-19(8-7-18(16)3)11-14-9-13(10-17)5-6-15(14)20-4/h5-6,9H,7-8,10-12,17H2,1-4H3. The van der Waals surface area contributed by atoms with Crippen LogP contribution in [0.3, 0.4) is 0 Å². The monoisotopic (exact) mass is 277 g/mol. The van der Waals surface area contributed by atoms with E-state index in [0.717, 1.165) is 37.5 Å². The molecule has 2 rings (SSSR count). The van der Waals surface area contributed by atoms with E-state index in [0.29, 0.717) is 6.54 Å². The molecule has 0 unspecified atom stereocenters. The predicted molar refractivity (Wildman–Crippen MR) is 82.9 cm³/mol. The van der Waals surface area contributed by atoms with Crippen LogP contribution >= 0.6 is 0 Å². The van der Waals surface area contributed by atoms with Crippen molar-refractivity contribution in [2.45, 2.75) is 32.5 Å². The average molecular weight is 277 g/mol. The van der Waals surface area contributed by atoms with Gasteiger partial charge in [0.1, 0.15) is 5.75 Å². The maximum Gasteiger partial charge on any atom is 0.123 e. The fraction of sp³-hybridized carbons (Fsp3) is 0.625. The normalized spacial score (nSPS) is 20.1. The molecule has 20 heavy (non-hydrogen) atoms. The Kier molecular flexibility index (Phi) is 4.68. The molecule has 1 aliphatic heterocycles. The zero-order chi connectivity index (χ0) is 14.8. The molecule has 0 atom stereocenters. The molecule has 4 heteroatoms. The van der Waals surface area contributed by atoms with Gasteiger partial charge in [-0.2, -0.15) is 0 Å². The first-order chi connectivity index (χ1) is 9.46. The zero-order valence-electron chi connectivity index (χ0n) is 13.1. The lowest BCUT2D eigenvalue weighted by Gasteiger charge is -2.45. The Labute approximate surface area is 122 Å². The van der Waals surface area contributed by atoms with Crippen LogP contribution in [0.25, 0.3) is 0 Å². The first-order valence-corrected chi connectivity index (χ1v) is 7.26. The number of hydrogen-bond acceptors (Lipinski definition) is 4. The fourth-order valence-electron chi connectivity index (χ4n) is 2.80. The summed E-state index contributed by atoms with van der Waals surface area (Å²) in [5, 5.41) is 0. The van der Waals surface area contributed by atoms with Crippen LogP contribution in [0.2, 0.25) is 0 Å². The van der Waals surface area contributed by atoms with Gasteiger partial charge >= 0.3 is 0 Å². The summed E-state index contributed by atoms with van der Waals surface area (Å²) in [5.74, 6) is 0.957. The Bertz CT molecular complexity index is 459. The molecule has 0 spiro atoms. The van der Waals surface area contributed by atoms with Crippen molar-refractivity contribution in [1.82, 2.24) is 9.80 Å². The molecule has 0 aliphatic carbocycles. The Hall–Kier alpha value is -1.10. The highest BCUT2D eigenvalue weighted by Crippen LogP contribution is 2.25. The van der Waals surface area contributed by atoms with Crippen LogP contribution in [0.1, 0.15) is 25.0 Å². The Morgan fingerprint density at radius 3 is 2.65 bits per heavy atom. The Morgan fingerprint density at radius 2 is 2.05 bits per heavy atom. The number of benzene rings is 1. The van der Waals surface area contributed by atoms with Gasteiger partial charge in [-0.3, -0.25) is 9.80 Å². The third-order valence-corrected chi connectivity index (χ3v) is 4.37. The summed E-state index contributed by atoms with van der Waals surface area (Å²) in [6.07, 6.45) is 0. The summed E-state index contributed by atoms with van der Waals surface area (Å²) in [6, 6.07) is 6.24. The highest BCUT2D eigenvalue weighted by Gasteiger charge is 2.31. The fourth-order valence-corrected chi connectivity index (χ4v) is 2.80. The number of nitrogens with two attached hydrogens (primary N) is 1. The minimum atomic E-state index is 0.219. The van der Waals surface area contributed by atoms with Gasteiger partial charge in [0, 0.05) is 43.8 Å². The van der Waals surface area contributed by atoms with Crippen LogP contribution in [0.15, 0.2) is 18.2 Å². The van der Waals surface area contributed by atoms with E-state index in [2.05, 4.69) is 36.8 Å². The molecule has 1 aromatic carbocycles. The minimum Gasteiger partial charge on any atom is -0.496 e. The molecule has 2 N–H and O–H groups in total. The summed E-state index contributed by atoms with van der Waals surface area (Å²) in [4.78, 5) is 4.93. The lowest BCUT2D eigenvalue weighted by atomic mass is 9.99. The van der Waals surface area contributed by atoms with Crippen molar-refractivity contribution >= 4 is 0 Å². The van der Waals surface area contributed by atoms with E-state index in [-0.39, 0.29) is 5.54 Å². The van der Waals surface area contributed by atoms with Gasteiger partial charge in [-0.1, -0.05) is 6.07 Å². The van der Waals surface area contributed by atoms with Crippen molar-refractivity contribution in [1.29, 1.82) is 0 Å². The number of nitrogens with zero attached hydrogens (tertiary/aromatic N) is 2. The molecular weight excluding hydrogens is 250 g/mol. The molecule has 0 radical (unpaired) electrons. The van der Waals surface area contributed by atoms with Crippen LogP contribution < -0.4 is 10.5 Å². The second-order valence-corrected chi connectivity index (χ2v) is 6.29. The number of methoxy groups -OCH3 is 1. The van der Waals surface area contributed by atoms with Gasteiger partial charge in [-0.05, 0) is 38.6 Å². The Morgan fingerprint density at radius 1 is 1.30 bits per heavy atom. The highest BCUT2D eigenvalue weighted by molar-refractivity contribution is 5.37. The average Bonchev–Trinajstić information content (AvgIpc) is 2.42. The summed E-state index contributed by atoms with van der Waals surface area (Å²) in [6.45, 7) is 9.36. The third-order valence-electron chi connectivity index (χ3n) is 4.37. The van der Waals surface area contributed by atoms with Crippen LogP contribution in [0, 0.1) is 0 Å². The molecule has 1 aromatic rings. The van der Waals surface area contributed by atoms with E-state index in [1.807, 2.05) is 12.1 Å². The third kappa shape index (κ3) is 3.32. The lowest BCUT2D eigenvalue weighted by Crippen LogP contribution is -2.57. The molecule has 1 heterocycles. The minimum absolute atomic E-state index is 0.219. The van der Waals surface area contributed by atoms with Gasteiger partial charge in [0.15, 0.2) is 0 Å². The number of likely N-dealkylation sites (N-methyl/N-ethyl adjacent to an activating group) is 1. The van der Waals surface area contributed by atoms with Crippen molar-refractivity contribution < 1.29 is 4.74 Å². The second kappa shape index (κ2) is 6.12. The molecule has 0 saturated carbocycles. The quantitative estimate of drug-likeness (QED) is 0.909. The zero-order valence-corrected chi connectivity index (χ0v) is 13.1. The SMILES string of the molecule is COc1ccc(CN)cc1CN1CCN(C)C(C)(C)C1. The summed E-state index contributed by atoms with van der Waals surface area (Å²) in [7, 11) is 3.93. The van der Waals surface area contributed by atoms with E-state index in [1.165, 1.54) is 5.56 Å². The molecule has 0 amide bonds. The molecule has 1 saturated heterocycles. The van der Waals surface area contributed by atoms with Crippen molar-refractivity contribution in [3.05, 3.63) is 29.3 Å². The molecule has 1 fully saturated rings. The van der Waals surface area contributed by atoms with Crippen LogP contribution in [0.5, 0.6) is 5.75 Å². The van der Waals surface area contributed by atoms with Crippen molar-refractivity contribution in [2.24, 2.45) is 5.73 Å². The van der Waals surface area contributed by atoms with Gasteiger partial charge in [0.25, 0.3) is 0 Å². The maximum atomic E-state index is 5.74. The topological polar surface area (TPSA) is 41.7 Å². The maximum absolute atomic E-state index is 5.74. The molecule has 4 nitrogen and oxygen atoms in total. The molecule has 0 bridgehead atoms. The number of hydrogen-bond donors (Lipinski definition) is 1. The summed E-state index contributed by atoms with van der Waals surface area (Å²) < 4.78 is 5.48. The van der Waals surface area contributed by atoms with Gasteiger partial charge in [-0.25, -0.2) is 0 Å². The van der Waals surface area contributed by atoms with E-state index < -0.39 is 0 Å². The smallest absolute Gasteiger partial charge is 0.123 e. The Balaban J connectivity index is 2.13. The highest BCUT2D eigenvalue weighted by atomic mass is 16.5. The van der Waals surface area contributed by atoms with E-state index in [4.69, 9.17) is 10.5 Å². The molecule has 0 aromatic heterocycles. The van der Waals surface area contributed by atoms with E-state index >= 15 is 0 Å². The summed E-state index contributed by atoms with van der Waals surface area (Å²) in [5.41, 5.74) is 8.36. The van der Waals surface area contributed by atoms with Gasteiger partial charge in [0.2, 0.25) is 0 Å². The lowest BCUT2D eigenvalue weighted by molar-refractivity contribution is 0.0356. The van der Waals surface area contributed by atoms with Crippen molar-refractivity contribution in [3.8, 4) is 5.75 Å². The predicted octanol–water partition coefficient (Wildman–Crippen LogP) is 1.68. The van der Waals surface area contributed by atoms with Gasteiger partial charge < -0.3 is 10.5 Å². The first kappa shape index (κ1) is 15.3. The van der Waals surface area contributed by atoms with Crippen LogP contribution in [0.4, 0.5) is 0 Å². The first-order valence-electron chi connectivity index (χ1n) is 7.26. The van der Waals surface area contributed by atoms with E-state index in [1.54, 1.807) is 7.11 Å². The number of rotatable bonds is 4. The van der Waals surface area contributed by atoms with Crippen molar-refractivity contribution in [3.63, 3.8) is 0 Å². The van der Waals surface area contributed by atoms with Gasteiger partial charge in [-0.15, -0.1) is 0 Å². The van der Waals surface area contributed by atoms with Crippen LogP contribution in [-0.2, 0) is 13.1 Å². The van der Waals surface area contributed by atoms with Gasteiger partial charge in [0.05, 0.1) is 7.11 Å². The van der Waals surface area contributed by atoms with Crippen molar-refractivity contribution in [2.75, 3.05) is 33.8 Å². The van der Waals surface area contributed by atoms with E-state index in [9.17, 15) is 0 Å². The van der Waals surface area contributed by atoms with Crippen LogP contribution in [-0.4, -0.2) is 49.1 Å². The molecular formula is C16H27N3O.